The predicted octanol–water partition coefficient (Wildman–Crippen LogP) is 1.45. The molecule has 0 spiro atoms. The number of nitrogens with one attached hydrogen (secondary N) is 1. The molecule has 0 fully saturated rings. The van der Waals surface area contributed by atoms with Gasteiger partial charge in [-0.15, -0.1) is 0 Å². The summed E-state index contributed by atoms with van der Waals surface area (Å²) < 4.78 is 6.57. The molecule has 106 valence electrons. The van der Waals surface area contributed by atoms with Crippen molar-refractivity contribution in [2.45, 2.75) is 13.5 Å². The van der Waals surface area contributed by atoms with Crippen molar-refractivity contribution in [3.05, 3.63) is 38.9 Å². The molecule has 0 unspecified atom stereocenters. The van der Waals surface area contributed by atoms with Gasteiger partial charge < -0.3 is 15.8 Å². The van der Waals surface area contributed by atoms with Gasteiger partial charge in [0, 0.05) is 22.8 Å². The maximum atomic E-state index is 12.0. The number of benzene rings is 1. The molecule has 1 amide bonds. The van der Waals surface area contributed by atoms with Gasteiger partial charge in [-0.25, -0.2) is 0 Å². The molecule has 0 aliphatic rings. The molecule has 0 saturated carbocycles. The van der Waals surface area contributed by atoms with Crippen molar-refractivity contribution in [3.63, 3.8) is 0 Å². The second kappa shape index (κ2) is 5.79. The van der Waals surface area contributed by atoms with Crippen molar-refractivity contribution < 1.29 is 9.53 Å². The van der Waals surface area contributed by atoms with Gasteiger partial charge in [-0.2, -0.15) is 0 Å². The first-order valence-corrected chi connectivity index (χ1v) is 6.77. The van der Waals surface area contributed by atoms with Gasteiger partial charge in [-0.1, -0.05) is 11.3 Å². The molecule has 0 saturated heterocycles. The number of aryl methyl sites for hydroxylation is 1. The molecular weight excluding hydrogens is 278 g/mol. The molecule has 1 aromatic heterocycles. The van der Waals surface area contributed by atoms with Crippen LogP contribution in [0.25, 0.3) is 0 Å². The van der Waals surface area contributed by atoms with E-state index in [4.69, 9.17) is 10.5 Å². The minimum Gasteiger partial charge on any atom is -0.494 e. The number of aromatic nitrogens is 1. The van der Waals surface area contributed by atoms with Gasteiger partial charge in [-0.05, 0) is 19.1 Å². The second-order valence-corrected chi connectivity index (χ2v) is 5.06. The maximum absolute atomic E-state index is 12.0. The van der Waals surface area contributed by atoms with Crippen LogP contribution >= 0.6 is 11.3 Å². The van der Waals surface area contributed by atoms with Gasteiger partial charge in [-0.3, -0.25) is 14.2 Å². The van der Waals surface area contributed by atoms with E-state index in [2.05, 4.69) is 5.32 Å². The molecule has 0 aliphatic heterocycles. The smallest absolute Gasteiger partial charge is 0.307 e. The average molecular weight is 293 g/mol. The number of nitrogens with zero attached hydrogens (tertiary/aromatic N) is 1. The summed E-state index contributed by atoms with van der Waals surface area (Å²) in [6, 6.07) is 4.95. The molecule has 0 bridgehead atoms. The maximum Gasteiger partial charge on any atom is 0.307 e. The van der Waals surface area contributed by atoms with E-state index in [1.807, 2.05) is 0 Å². The average Bonchev–Trinajstić information content (AvgIpc) is 2.72. The molecule has 0 atom stereocenters. The highest BCUT2D eigenvalue weighted by Gasteiger charge is 2.11. The highest BCUT2D eigenvalue weighted by molar-refractivity contribution is 7.07. The Kier molecular flexibility index (Phi) is 4.09. The van der Waals surface area contributed by atoms with Crippen molar-refractivity contribution in [2.75, 3.05) is 18.2 Å². The highest BCUT2D eigenvalue weighted by atomic mass is 32.1. The van der Waals surface area contributed by atoms with Crippen LogP contribution in [0.4, 0.5) is 11.4 Å². The van der Waals surface area contributed by atoms with Gasteiger partial charge in [0.1, 0.15) is 12.3 Å². The molecule has 3 N–H and O–H groups in total. The standard InChI is InChI=1S/C13H15N3O3S/c1-8-7-20-13(18)16(8)6-12(17)15-10-4-3-9(14)5-11(10)19-2/h3-5,7H,6,14H2,1-2H3,(H,15,17). The summed E-state index contributed by atoms with van der Waals surface area (Å²) in [5.74, 6) is 0.185. The Morgan fingerprint density at radius 3 is 2.85 bits per heavy atom. The fourth-order valence-electron chi connectivity index (χ4n) is 1.74. The van der Waals surface area contributed by atoms with Crippen molar-refractivity contribution >= 4 is 28.6 Å². The number of anilines is 2. The van der Waals surface area contributed by atoms with Gasteiger partial charge in [0.05, 0.1) is 12.8 Å². The van der Waals surface area contributed by atoms with Crippen LogP contribution in [-0.2, 0) is 11.3 Å². The van der Waals surface area contributed by atoms with Crippen molar-refractivity contribution in [1.82, 2.24) is 4.57 Å². The van der Waals surface area contributed by atoms with Crippen molar-refractivity contribution in [3.8, 4) is 5.75 Å². The van der Waals surface area contributed by atoms with Crippen LogP contribution in [0.2, 0.25) is 0 Å². The first kappa shape index (κ1) is 14.1. The summed E-state index contributed by atoms with van der Waals surface area (Å²) in [7, 11) is 1.50. The fourth-order valence-corrected chi connectivity index (χ4v) is 2.47. The molecule has 7 heteroatoms. The first-order chi connectivity index (χ1) is 9.51. The van der Waals surface area contributed by atoms with Crippen LogP contribution in [0.1, 0.15) is 5.69 Å². The Labute approximate surface area is 119 Å². The molecular formula is C13H15N3O3S. The molecule has 1 heterocycles. The monoisotopic (exact) mass is 293 g/mol. The number of hydrogen-bond donors (Lipinski definition) is 2. The number of nitrogens with two attached hydrogens (primary N) is 1. The number of methoxy groups -OCH3 is 1. The zero-order chi connectivity index (χ0) is 14.7. The largest absolute Gasteiger partial charge is 0.494 e. The molecule has 2 rings (SSSR count). The number of hydrogen-bond acceptors (Lipinski definition) is 5. The van der Waals surface area contributed by atoms with Gasteiger partial charge >= 0.3 is 4.87 Å². The van der Waals surface area contributed by atoms with Gasteiger partial charge in [0.15, 0.2) is 0 Å². The number of amides is 1. The Morgan fingerprint density at radius 2 is 2.25 bits per heavy atom. The Hall–Kier alpha value is -2.28. The lowest BCUT2D eigenvalue weighted by atomic mass is 10.2. The molecule has 6 nitrogen and oxygen atoms in total. The summed E-state index contributed by atoms with van der Waals surface area (Å²) in [5, 5.41) is 4.43. The first-order valence-electron chi connectivity index (χ1n) is 5.89. The number of ether oxygens (including phenoxy) is 1. The quantitative estimate of drug-likeness (QED) is 0.835. The van der Waals surface area contributed by atoms with E-state index < -0.39 is 0 Å². The van der Waals surface area contributed by atoms with E-state index in [1.165, 1.54) is 11.7 Å². The van der Waals surface area contributed by atoms with Crippen LogP contribution in [0.15, 0.2) is 28.4 Å². The normalized spacial score (nSPS) is 10.3. The molecule has 0 radical (unpaired) electrons. The lowest BCUT2D eigenvalue weighted by Gasteiger charge is -2.11. The fraction of sp³-hybridized carbons (Fsp3) is 0.231. The molecule has 20 heavy (non-hydrogen) atoms. The lowest BCUT2D eigenvalue weighted by Crippen LogP contribution is -2.25. The van der Waals surface area contributed by atoms with Crippen LogP contribution in [0, 0.1) is 6.92 Å². The minimum atomic E-state index is -0.295. The van der Waals surface area contributed by atoms with E-state index in [0.29, 0.717) is 17.1 Å². The number of nitrogen functional groups attached to an aromatic ring is 1. The van der Waals surface area contributed by atoms with E-state index in [9.17, 15) is 9.59 Å². The number of thiazole rings is 1. The Balaban J connectivity index is 2.15. The van der Waals surface area contributed by atoms with Crippen LogP contribution in [0.3, 0.4) is 0 Å². The third-order valence-corrected chi connectivity index (χ3v) is 3.66. The molecule has 0 aliphatic carbocycles. The number of rotatable bonds is 4. The second-order valence-electron chi connectivity index (χ2n) is 4.24. The summed E-state index contributed by atoms with van der Waals surface area (Å²) in [6.07, 6.45) is 0. The third-order valence-electron chi connectivity index (χ3n) is 2.78. The van der Waals surface area contributed by atoms with E-state index >= 15 is 0 Å². The topological polar surface area (TPSA) is 86.3 Å². The summed E-state index contributed by atoms with van der Waals surface area (Å²) >= 11 is 1.08. The van der Waals surface area contributed by atoms with Gasteiger partial charge in [0.2, 0.25) is 5.91 Å². The molecule has 2 aromatic rings. The highest BCUT2D eigenvalue weighted by Crippen LogP contribution is 2.26. The Morgan fingerprint density at radius 1 is 1.50 bits per heavy atom. The zero-order valence-corrected chi connectivity index (χ0v) is 12.0. The zero-order valence-electron chi connectivity index (χ0n) is 11.2. The summed E-state index contributed by atoms with van der Waals surface area (Å²) in [6.45, 7) is 1.76. The van der Waals surface area contributed by atoms with Crippen LogP contribution < -0.4 is 20.7 Å². The van der Waals surface area contributed by atoms with E-state index in [-0.39, 0.29) is 17.3 Å². The van der Waals surface area contributed by atoms with E-state index in [0.717, 1.165) is 17.0 Å². The van der Waals surface area contributed by atoms with Crippen molar-refractivity contribution in [2.24, 2.45) is 0 Å². The summed E-state index contributed by atoms with van der Waals surface area (Å²) in [4.78, 5) is 23.4. The molecule has 1 aromatic carbocycles. The third kappa shape index (κ3) is 3.00. The summed E-state index contributed by atoms with van der Waals surface area (Å²) in [5.41, 5.74) is 7.48. The Bertz CT molecular complexity index is 690. The van der Waals surface area contributed by atoms with Crippen LogP contribution in [-0.4, -0.2) is 17.6 Å². The predicted molar refractivity (Wildman–Crippen MR) is 79.4 cm³/mol. The van der Waals surface area contributed by atoms with Gasteiger partial charge in [0.25, 0.3) is 0 Å². The van der Waals surface area contributed by atoms with Crippen LogP contribution in [0.5, 0.6) is 5.75 Å². The minimum absolute atomic E-state index is 0.0261. The SMILES string of the molecule is COc1cc(N)ccc1NC(=O)Cn1c(C)csc1=O. The number of carbonyl (C=O) groups is 1. The number of carbonyl (C=O) groups excluding carboxylic acids is 1. The van der Waals surface area contributed by atoms with E-state index in [1.54, 1.807) is 30.5 Å². The lowest BCUT2D eigenvalue weighted by molar-refractivity contribution is -0.116. The van der Waals surface area contributed by atoms with Crippen molar-refractivity contribution in [1.29, 1.82) is 0 Å².